The van der Waals surface area contributed by atoms with Gasteiger partial charge in [-0.2, -0.15) is 0 Å². The monoisotopic (exact) mass is 387 g/mol. The van der Waals surface area contributed by atoms with E-state index in [4.69, 9.17) is 4.74 Å². The molecule has 0 aromatic heterocycles. The molecule has 1 unspecified atom stereocenters. The molecule has 3 N–H and O–H groups in total. The third kappa shape index (κ3) is 6.06. The van der Waals surface area contributed by atoms with Gasteiger partial charge in [-0.05, 0) is 24.6 Å². The van der Waals surface area contributed by atoms with Crippen LogP contribution in [-0.2, 0) is 9.59 Å². The Labute approximate surface area is 162 Å². The molecule has 2 aromatic carbocycles. The number of rotatable bonds is 8. The van der Waals surface area contributed by atoms with Crippen molar-refractivity contribution in [3.05, 3.63) is 58.1 Å². The Morgan fingerprint density at radius 3 is 2.43 bits per heavy atom. The SMILES string of the molecule is COc1cccc(NC(=O)C[NH+](C)CC(=O)Nc2cc([N+](=O)[O-])ccc2C)c1. The van der Waals surface area contributed by atoms with E-state index < -0.39 is 4.92 Å². The van der Waals surface area contributed by atoms with Crippen LogP contribution in [0, 0.1) is 17.0 Å². The minimum absolute atomic E-state index is 0.0354. The molecule has 2 amide bonds. The molecule has 0 saturated heterocycles. The molecular weight excluding hydrogens is 364 g/mol. The summed E-state index contributed by atoms with van der Waals surface area (Å²) in [6.45, 7) is 1.86. The minimum atomic E-state index is -0.518. The quantitative estimate of drug-likeness (QED) is 0.462. The zero-order valence-electron chi connectivity index (χ0n) is 15.9. The second kappa shape index (κ2) is 9.47. The molecular formula is C19H23N4O5+. The van der Waals surface area contributed by atoms with Crippen LogP contribution in [0.3, 0.4) is 0 Å². The van der Waals surface area contributed by atoms with Crippen molar-refractivity contribution in [2.75, 3.05) is 37.9 Å². The van der Waals surface area contributed by atoms with Crippen LogP contribution < -0.4 is 20.3 Å². The van der Waals surface area contributed by atoms with E-state index in [1.807, 2.05) is 0 Å². The van der Waals surface area contributed by atoms with Gasteiger partial charge in [0.1, 0.15) is 5.75 Å². The lowest BCUT2D eigenvalue weighted by molar-refractivity contribution is -0.862. The second-order valence-corrected chi connectivity index (χ2v) is 6.40. The van der Waals surface area contributed by atoms with E-state index in [-0.39, 0.29) is 30.6 Å². The number of nitro benzene ring substituents is 1. The Balaban J connectivity index is 1.89. The van der Waals surface area contributed by atoms with Gasteiger partial charge in [-0.15, -0.1) is 0 Å². The van der Waals surface area contributed by atoms with Gasteiger partial charge in [-0.25, -0.2) is 0 Å². The molecule has 0 bridgehead atoms. The first-order valence-corrected chi connectivity index (χ1v) is 8.58. The van der Waals surface area contributed by atoms with Gasteiger partial charge in [0.25, 0.3) is 17.5 Å². The van der Waals surface area contributed by atoms with Crippen LogP contribution in [0.4, 0.5) is 17.1 Å². The third-order valence-corrected chi connectivity index (χ3v) is 3.98. The number of carbonyl (C=O) groups excluding carboxylic acids is 2. The first kappa shape index (κ1) is 20.8. The molecule has 148 valence electrons. The van der Waals surface area contributed by atoms with Gasteiger partial charge >= 0.3 is 0 Å². The number of ether oxygens (including phenoxy) is 1. The largest absolute Gasteiger partial charge is 0.497 e. The predicted molar refractivity (Wildman–Crippen MR) is 105 cm³/mol. The lowest BCUT2D eigenvalue weighted by Crippen LogP contribution is -3.11. The predicted octanol–water partition coefficient (Wildman–Crippen LogP) is 1.00. The maximum Gasteiger partial charge on any atom is 0.279 e. The number of anilines is 2. The standard InChI is InChI=1S/C19H22N4O5/c1-13-7-8-15(23(26)27)10-17(13)21-19(25)12-22(2)11-18(24)20-14-5-4-6-16(9-14)28-3/h4-10H,11-12H2,1-3H3,(H,20,24)(H,21,25)/p+1. The highest BCUT2D eigenvalue weighted by Gasteiger charge is 2.16. The van der Waals surface area contributed by atoms with Gasteiger partial charge in [0.05, 0.1) is 24.8 Å². The normalized spacial score (nSPS) is 11.4. The van der Waals surface area contributed by atoms with E-state index in [0.29, 0.717) is 27.6 Å². The third-order valence-electron chi connectivity index (χ3n) is 3.98. The first-order chi connectivity index (χ1) is 13.3. The van der Waals surface area contributed by atoms with Crippen LogP contribution in [0.25, 0.3) is 0 Å². The van der Waals surface area contributed by atoms with Crippen molar-refractivity contribution in [3.63, 3.8) is 0 Å². The van der Waals surface area contributed by atoms with Crippen LogP contribution in [0.5, 0.6) is 5.75 Å². The van der Waals surface area contributed by atoms with Crippen molar-refractivity contribution in [1.29, 1.82) is 0 Å². The van der Waals surface area contributed by atoms with E-state index in [2.05, 4.69) is 10.6 Å². The summed E-state index contributed by atoms with van der Waals surface area (Å²) in [5.74, 6) is 0.0468. The molecule has 28 heavy (non-hydrogen) atoms. The molecule has 0 spiro atoms. The van der Waals surface area contributed by atoms with E-state index in [9.17, 15) is 19.7 Å². The highest BCUT2D eigenvalue weighted by Crippen LogP contribution is 2.21. The van der Waals surface area contributed by atoms with Crippen molar-refractivity contribution in [1.82, 2.24) is 0 Å². The number of nitrogens with zero attached hydrogens (tertiary/aromatic N) is 1. The van der Waals surface area contributed by atoms with E-state index in [1.165, 1.54) is 12.1 Å². The van der Waals surface area contributed by atoms with E-state index in [0.717, 1.165) is 0 Å². The Morgan fingerprint density at radius 1 is 1.11 bits per heavy atom. The topological polar surface area (TPSA) is 115 Å². The number of likely N-dealkylation sites (N-methyl/N-ethyl adjacent to an activating group) is 1. The van der Waals surface area contributed by atoms with Crippen LogP contribution in [0.1, 0.15) is 5.56 Å². The number of amides is 2. The van der Waals surface area contributed by atoms with Crippen molar-refractivity contribution in [2.24, 2.45) is 0 Å². The van der Waals surface area contributed by atoms with Gasteiger partial charge in [-0.3, -0.25) is 19.7 Å². The fourth-order valence-corrected chi connectivity index (χ4v) is 2.57. The molecule has 9 nitrogen and oxygen atoms in total. The van der Waals surface area contributed by atoms with Crippen molar-refractivity contribution in [3.8, 4) is 5.75 Å². The van der Waals surface area contributed by atoms with Crippen molar-refractivity contribution < 1.29 is 24.1 Å². The molecule has 0 aliphatic carbocycles. The molecule has 0 saturated carbocycles. The van der Waals surface area contributed by atoms with Crippen LogP contribution in [-0.4, -0.2) is 44.0 Å². The van der Waals surface area contributed by atoms with Crippen LogP contribution in [0.15, 0.2) is 42.5 Å². The number of non-ortho nitro benzene ring substituents is 1. The molecule has 0 aliphatic heterocycles. The van der Waals surface area contributed by atoms with Gasteiger partial charge < -0.3 is 20.3 Å². The number of nitrogens with one attached hydrogen (secondary N) is 3. The lowest BCUT2D eigenvalue weighted by Gasteiger charge is -2.14. The highest BCUT2D eigenvalue weighted by atomic mass is 16.6. The van der Waals surface area contributed by atoms with E-state index in [1.54, 1.807) is 51.4 Å². The van der Waals surface area contributed by atoms with Gasteiger partial charge in [0, 0.05) is 23.9 Å². The summed E-state index contributed by atoms with van der Waals surface area (Å²) < 4.78 is 5.11. The van der Waals surface area contributed by atoms with Gasteiger partial charge in [0.15, 0.2) is 13.1 Å². The average molecular weight is 387 g/mol. The Bertz CT molecular complexity index is 884. The molecule has 2 rings (SSSR count). The van der Waals surface area contributed by atoms with Crippen LogP contribution >= 0.6 is 0 Å². The average Bonchev–Trinajstić information content (AvgIpc) is 2.63. The Hall–Kier alpha value is -3.46. The highest BCUT2D eigenvalue weighted by molar-refractivity contribution is 5.93. The summed E-state index contributed by atoms with van der Waals surface area (Å²) in [5, 5.41) is 16.3. The second-order valence-electron chi connectivity index (χ2n) is 6.40. The molecule has 2 aromatic rings. The van der Waals surface area contributed by atoms with Crippen LogP contribution in [0.2, 0.25) is 0 Å². The summed E-state index contributed by atoms with van der Waals surface area (Å²) in [6, 6.07) is 11.3. The first-order valence-electron chi connectivity index (χ1n) is 8.58. The van der Waals surface area contributed by atoms with Gasteiger partial charge in [0.2, 0.25) is 0 Å². The molecule has 1 atom stereocenters. The summed E-state index contributed by atoms with van der Waals surface area (Å²) >= 11 is 0. The zero-order valence-corrected chi connectivity index (χ0v) is 15.9. The fourth-order valence-electron chi connectivity index (χ4n) is 2.57. The molecule has 0 fully saturated rings. The zero-order chi connectivity index (χ0) is 20.7. The summed E-state index contributed by atoms with van der Waals surface area (Å²) in [4.78, 5) is 35.4. The number of hydrogen-bond acceptors (Lipinski definition) is 5. The smallest absolute Gasteiger partial charge is 0.279 e. The Morgan fingerprint density at radius 2 is 1.79 bits per heavy atom. The number of methoxy groups -OCH3 is 1. The maximum atomic E-state index is 12.2. The number of aryl methyl sites for hydroxylation is 1. The maximum absolute atomic E-state index is 12.2. The van der Waals surface area contributed by atoms with Crippen molar-refractivity contribution >= 4 is 28.9 Å². The molecule has 0 heterocycles. The van der Waals surface area contributed by atoms with Crippen molar-refractivity contribution in [2.45, 2.75) is 6.92 Å². The molecule has 0 radical (unpaired) electrons. The number of quaternary nitrogens is 1. The number of benzene rings is 2. The number of hydrogen-bond donors (Lipinski definition) is 3. The summed E-state index contributed by atoms with van der Waals surface area (Å²) in [7, 11) is 3.26. The molecule has 9 heteroatoms. The summed E-state index contributed by atoms with van der Waals surface area (Å²) in [6.07, 6.45) is 0. The minimum Gasteiger partial charge on any atom is -0.497 e. The van der Waals surface area contributed by atoms with Gasteiger partial charge in [-0.1, -0.05) is 12.1 Å². The number of nitro groups is 1. The lowest BCUT2D eigenvalue weighted by atomic mass is 10.2. The number of carbonyl (C=O) groups is 2. The fraction of sp³-hybridized carbons (Fsp3) is 0.263. The summed E-state index contributed by atoms with van der Waals surface area (Å²) in [5.41, 5.74) is 1.60. The Kier molecular flexibility index (Phi) is 7.05. The molecule has 0 aliphatic rings. The van der Waals surface area contributed by atoms with E-state index >= 15 is 0 Å².